The summed E-state index contributed by atoms with van der Waals surface area (Å²) in [5.74, 6) is 0.973. The lowest BCUT2D eigenvalue weighted by molar-refractivity contribution is -0.0187. The van der Waals surface area contributed by atoms with E-state index in [2.05, 4.69) is 5.38 Å². The van der Waals surface area contributed by atoms with Crippen LogP contribution in [0.2, 0.25) is 10.0 Å². The van der Waals surface area contributed by atoms with Gasteiger partial charge in [0.2, 0.25) is 6.23 Å². The lowest BCUT2D eigenvalue weighted by atomic mass is 9.96. The van der Waals surface area contributed by atoms with Gasteiger partial charge in [-0.2, -0.15) is 16.4 Å². The Balaban J connectivity index is 1.63. The molecule has 0 bridgehead atoms. The number of phenols is 1. The number of aromatic hydroxyl groups is 1. The number of nitrogens with zero attached hydrogens (tertiary/aromatic N) is 2. The van der Waals surface area contributed by atoms with Crippen LogP contribution in [0.4, 0.5) is 0 Å². The van der Waals surface area contributed by atoms with Gasteiger partial charge in [0.15, 0.2) is 0 Å². The molecule has 0 saturated heterocycles. The minimum absolute atomic E-state index is 0.0225. The average molecular weight is 417 g/mol. The van der Waals surface area contributed by atoms with Crippen molar-refractivity contribution < 1.29 is 9.84 Å². The van der Waals surface area contributed by atoms with Crippen LogP contribution in [0.3, 0.4) is 0 Å². The quantitative estimate of drug-likeness (QED) is 0.556. The van der Waals surface area contributed by atoms with E-state index in [0.29, 0.717) is 22.0 Å². The van der Waals surface area contributed by atoms with E-state index >= 15 is 0 Å². The third-order valence-electron chi connectivity index (χ3n) is 4.85. The zero-order chi connectivity index (χ0) is 18.5. The maximum absolute atomic E-state index is 10.3. The summed E-state index contributed by atoms with van der Waals surface area (Å²) in [7, 11) is 0. The monoisotopic (exact) mass is 416 g/mol. The largest absolute Gasteiger partial charge is 0.507 e. The number of thiophene rings is 1. The number of fused-ring (bicyclic) bond motifs is 3. The molecule has 2 aliphatic rings. The van der Waals surface area contributed by atoms with E-state index in [1.54, 1.807) is 29.5 Å². The predicted molar refractivity (Wildman–Crippen MR) is 108 cm³/mol. The van der Waals surface area contributed by atoms with Gasteiger partial charge in [-0.1, -0.05) is 23.2 Å². The molecule has 0 radical (unpaired) electrons. The number of hydrogen-bond donors (Lipinski definition) is 1. The molecule has 5 rings (SSSR count). The van der Waals surface area contributed by atoms with Crippen LogP contribution in [0.15, 0.2) is 58.3 Å². The first-order chi connectivity index (χ1) is 13.1. The van der Waals surface area contributed by atoms with E-state index < -0.39 is 0 Å². The van der Waals surface area contributed by atoms with E-state index in [-0.39, 0.29) is 18.0 Å². The van der Waals surface area contributed by atoms with Crippen molar-refractivity contribution in [2.24, 2.45) is 5.10 Å². The Kier molecular flexibility index (Phi) is 4.04. The van der Waals surface area contributed by atoms with Gasteiger partial charge >= 0.3 is 0 Å². The fraction of sp³-hybridized carbons (Fsp3) is 0.150. The molecule has 0 unspecified atom stereocenters. The van der Waals surface area contributed by atoms with Gasteiger partial charge in [-0.25, -0.2) is 5.01 Å². The van der Waals surface area contributed by atoms with Crippen LogP contribution in [0, 0.1) is 0 Å². The lowest BCUT2D eigenvalue weighted by Crippen LogP contribution is -2.33. The van der Waals surface area contributed by atoms with Crippen LogP contribution < -0.4 is 4.74 Å². The van der Waals surface area contributed by atoms with E-state index in [1.165, 1.54) is 0 Å². The Hall–Kier alpha value is -2.21. The number of halogens is 2. The Bertz CT molecular complexity index is 1050. The van der Waals surface area contributed by atoms with Gasteiger partial charge in [0.05, 0.1) is 11.8 Å². The fourth-order valence-corrected chi connectivity index (χ4v) is 4.61. The van der Waals surface area contributed by atoms with Crippen molar-refractivity contribution in [2.45, 2.75) is 18.7 Å². The van der Waals surface area contributed by atoms with Crippen LogP contribution >= 0.6 is 34.5 Å². The molecule has 0 fully saturated rings. The zero-order valence-corrected chi connectivity index (χ0v) is 16.3. The highest BCUT2D eigenvalue weighted by molar-refractivity contribution is 7.07. The molecule has 0 aliphatic carbocycles. The molecular weight excluding hydrogens is 403 g/mol. The highest BCUT2D eigenvalue weighted by Crippen LogP contribution is 2.48. The Morgan fingerprint density at radius 3 is 2.74 bits per heavy atom. The van der Waals surface area contributed by atoms with Crippen molar-refractivity contribution in [3.8, 4) is 11.5 Å². The molecule has 2 aliphatic heterocycles. The van der Waals surface area contributed by atoms with Gasteiger partial charge in [-0.05, 0) is 53.2 Å². The first-order valence-electron chi connectivity index (χ1n) is 8.43. The molecule has 2 atom stereocenters. The third-order valence-corrected chi connectivity index (χ3v) is 6.02. The standard InChI is InChI=1S/C20H14Cl2N2O2S/c21-12-1-3-18(25)14(7-12)16-9-17-15-8-13(22)2-4-19(15)26-20(24(17)23-16)11-5-6-27-10-11/h1-8,10,17,20,25H,9H2/t17-,20+/m0/s1. The van der Waals surface area contributed by atoms with E-state index in [4.69, 9.17) is 33.0 Å². The second-order valence-corrected chi connectivity index (χ2v) is 8.17. The number of ether oxygens (including phenoxy) is 1. The van der Waals surface area contributed by atoms with Crippen LogP contribution in [0.25, 0.3) is 0 Å². The number of phenolic OH excluding ortho intramolecular Hbond substituents is 1. The van der Waals surface area contributed by atoms with Crippen molar-refractivity contribution >= 4 is 40.3 Å². The third kappa shape index (κ3) is 2.87. The summed E-state index contributed by atoms with van der Waals surface area (Å²) < 4.78 is 6.26. The molecule has 27 heavy (non-hydrogen) atoms. The Morgan fingerprint density at radius 1 is 1.11 bits per heavy atom. The molecule has 0 saturated carbocycles. The summed E-state index contributed by atoms with van der Waals surface area (Å²) in [4.78, 5) is 0. The molecule has 2 aromatic carbocycles. The molecule has 4 nitrogen and oxygen atoms in total. The molecule has 3 heterocycles. The number of hydrogen-bond acceptors (Lipinski definition) is 5. The Labute approximate surface area is 170 Å². The molecule has 136 valence electrons. The summed E-state index contributed by atoms with van der Waals surface area (Å²) in [6.45, 7) is 0. The van der Waals surface area contributed by atoms with E-state index in [0.717, 1.165) is 22.6 Å². The van der Waals surface area contributed by atoms with Crippen molar-refractivity contribution in [3.63, 3.8) is 0 Å². The second kappa shape index (κ2) is 6.44. The maximum atomic E-state index is 10.3. The lowest BCUT2D eigenvalue weighted by Gasteiger charge is -2.37. The fourth-order valence-electron chi connectivity index (χ4n) is 3.60. The molecule has 1 N–H and O–H groups in total. The topological polar surface area (TPSA) is 45.1 Å². The van der Waals surface area contributed by atoms with E-state index in [9.17, 15) is 5.11 Å². The number of benzene rings is 2. The average Bonchev–Trinajstić information content (AvgIpc) is 3.33. The van der Waals surface area contributed by atoms with Crippen molar-refractivity contribution in [1.29, 1.82) is 0 Å². The van der Waals surface area contributed by atoms with Crippen LogP contribution in [-0.4, -0.2) is 15.8 Å². The summed E-state index contributed by atoms with van der Waals surface area (Å²) in [6.07, 6.45) is 0.305. The summed E-state index contributed by atoms with van der Waals surface area (Å²) in [6, 6.07) is 12.7. The molecular formula is C20H14Cl2N2O2S. The van der Waals surface area contributed by atoms with Crippen molar-refractivity contribution in [1.82, 2.24) is 5.01 Å². The summed E-state index contributed by atoms with van der Waals surface area (Å²) in [5.41, 5.74) is 3.46. The minimum Gasteiger partial charge on any atom is -0.507 e. The smallest absolute Gasteiger partial charge is 0.214 e. The zero-order valence-electron chi connectivity index (χ0n) is 14.0. The normalized spacial score (nSPS) is 20.7. The van der Waals surface area contributed by atoms with Gasteiger partial charge in [-0.3, -0.25) is 0 Å². The second-order valence-electron chi connectivity index (χ2n) is 6.52. The maximum Gasteiger partial charge on any atom is 0.214 e. The molecule has 3 aromatic rings. The van der Waals surface area contributed by atoms with E-state index in [1.807, 2.05) is 34.7 Å². The first-order valence-corrected chi connectivity index (χ1v) is 10.1. The van der Waals surface area contributed by atoms with Crippen LogP contribution in [0.5, 0.6) is 11.5 Å². The van der Waals surface area contributed by atoms with Gasteiger partial charge in [0.25, 0.3) is 0 Å². The molecule has 0 spiro atoms. The van der Waals surface area contributed by atoms with Crippen LogP contribution in [-0.2, 0) is 0 Å². The van der Waals surface area contributed by atoms with Gasteiger partial charge in [0, 0.05) is 33.2 Å². The number of hydrazone groups is 1. The van der Waals surface area contributed by atoms with Gasteiger partial charge < -0.3 is 9.84 Å². The molecule has 7 heteroatoms. The molecule has 0 amide bonds. The summed E-state index contributed by atoms with van der Waals surface area (Å²) in [5, 5.41) is 22.4. The highest BCUT2D eigenvalue weighted by atomic mass is 35.5. The number of rotatable bonds is 2. The van der Waals surface area contributed by atoms with Gasteiger partial charge in [0.1, 0.15) is 11.5 Å². The molecule has 1 aromatic heterocycles. The van der Waals surface area contributed by atoms with Crippen molar-refractivity contribution in [3.05, 3.63) is 80.0 Å². The first kappa shape index (κ1) is 16.9. The SMILES string of the molecule is Oc1ccc(Cl)cc1C1=NN2[C@@H](c3ccsc3)Oc3ccc(Cl)cc3[C@@H]2C1. The van der Waals surface area contributed by atoms with Crippen LogP contribution in [0.1, 0.15) is 35.4 Å². The Morgan fingerprint density at radius 2 is 1.93 bits per heavy atom. The van der Waals surface area contributed by atoms with Crippen molar-refractivity contribution in [2.75, 3.05) is 0 Å². The highest BCUT2D eigenvalue weighted by Gasteiger charge is 2.41. The minimum atomic E-state index is -0.325. The van der Waals surface area contributed by atoms with Gasteiger partial charge in [-0.15, -0.1) is 0 Å². The predicted octanol–water partition coefficient (Wildman–Crippen LogP) is 6.00. The summed E-state index contributed by atoms with van der Waals surface area (Å²) >= 11 is 14.0.